The second-order valence-electron chi connectivity index (χ2n) is 11.4. The zero-order chi connectivity index (χ0) is 28.8. The predicted molar refractivity (Wildman–Crippen MR) is 156 cm³/mol. The molecule has 0 aromatic heterocycles. The molecule has 0 spiro atoms. The molecule has 0 radical (unpaired) electrons. The van der Waals surface area contributed by atoms with Crippen LogP contribution in [-0.4, -0.2) is 48.5 Å². The lowest BCUT2D eigenvalue weighted by atomic mass is 9.94. The van der Waals surface area contributed by atoms with Crippen LogP contribution in [0.4, 0.5) is 0 Å². The number of nitriles is 1. The van der Waals surface area contributed by atoms with Crippen molar-refractivity contribution >= 4 is 33.3 Å². The summed E-state index contributed by atoms with van der Waals surface area (Å²) in [5.41, 5.74) is 0.315. The fourth-order valence-electron chi connectivity index (χ4n) is 6.03. The van der Waals surface area contributed by atoms with E-state index in [1.807, 2.05) is 48.5 Å². The summed E-state index contributed by atoms with van der Waals surface area (Å²) in [6.45, 7) is -0.0929. The average molecular weight is 588 g/mol. The van der Waals surface area contributed by atoms with Crippen molar-refractivity contribution in [1.82, 2.24) is 10.2 Å². The molecule has 1 aliphatic heterocycles. The second-order valence-corrected chi connectivity index (χ2v) is 14.1. The van der Waals surface area contributed by atoms with Gasteiger partial charge in [-0.1, -0.05) is 84.4 Å². The summed E-state index contributed by atoms with van der Waals surface area (Å²) >= 11 is 6.09. The number of amides is 2. The molecule has 3 fully saturated rings. The topological polar surface area (TPSA) is 107 Å². The first-order chi connectivity index (χ1) is 19.7. The quantitative estimate of drug-likeness (QED) is 0.410. The highest BCUT2D eigenvalue weighted by Crippen LogP contribution is 2.51. The van der Waals surface area contributed by atoms with Crippen LogP contribution in [0.5, 0.6) is 0 Å². The molecule has 7 nitrogen and oxygen atoms in total. The summed E-state index contributed by atoms with van der Waals surface area (Å²) < 4.78 is 28.9. The van der Waals surface area contributed by atoms with Gasteiger partial charge in [0.1, 0.15) is 16.8 Å². The van der Waals surface area contributed by atoms with Crippen LogP contribution in [0.1, 0.15) is 54.0 Å². The smallest absolute Gasteiger partial charge is 0.244 e. The molecule has 2 atom stereocenters. The van der Waals surface area contributed by atoms with E-state index in [1.54, 1.807) is 36.4 Å². The highest BCUT2D eigenvalue weighted by Gasteiger charge is 2.58. The molecule has 0 bridgehead atoms. The SMILES string of the molecule is N#CC1(NC(=O)[C@@H]2C[C@@H](S(=O)(=O)C(c3ccccc3)c3ccccc3)CN2C(=O)C2(c3ccc(Cl)cc3)CC2)CC1. The van der Waals surface area contributed by atoms with Crippen molar-refractivity contribution in [2.24, 2.45) is 0 Å². The highest BCUT2D eigenvalue weighted by molar-refractivity contribution is 7.92. The number of sulfone groups is 1. The number of hydrogen-bond donors (Lipinski definition) is 1. The Morgan fingerprint density at radius 2 is 1.46 bits per heavy atom. The Bertz CT molecular complexity index is 1570. The first kappa shape index (κ1) is 27.5. The van der Waals surface area contributed by atoms with Gasteiger partial charge in [0.25, 0.3) is 0 Å². The van der Waals surface area contributed by atoms with Gasteiger partial charge in [-0.15, -0.1) is 0 Å². The normalized spacial score (nSPS) is 22.1. The maximum Gasteiger partial charge on any atom is 0.244 e. The lowest BCUT2D eigenvalue weighted by Crippen LogP contribution is -2.51. The Hall–Kier alpha value is -3.67. The molecule has 3 aromatic carbocycles. The standard InChI is InChI=1S/C32H30ClN3O4S/c33-25-13-11-24(12-14-25)32(17-18-32)30(38)36-20-26(19-27(36)29(37)35-31(21-34)15-16-31)41(39,40)28(22-7-3-1-4-8-22)23-9-5-2-6-10-23/h1-14,26-28H,15-20H2,(H,35,37)/t26-,27+/m1/s1. The predicted octanol–water partition coefficient (Wildman–Crippen LogP) is 4.72. The van der Waals surface area contributed by atoms with Crippen molar-refractivity contribution in [3.05, 3.63) is 107 Å². The Balaban J connectivity index is 1.36. The van der Waals surface area contributed by atoms with Gasteiger partial charge < -0.3 is 10.2 Å². The number of nitrogens with zero attached hydrogens (tertiary/aromatic N) is 2. The Morgan fingerprint density at radius 3 is 1.95 bits per heavy atom. The van der Waals surface area contributed by atoms with Crippen LogP contribution in [0.3, 0.4) is 0 Å². The van der Waals surface area contributed by atoms with E-state index in [0.717, 1.165) is 5.56 Å². The van der Waals surface area contributed by atoms with Crippen molar-refractivity contribution in [3.8, 4) is 6.07 Å². The number of benzene rings is 3. The monoisotopic (exact) mass is 587 g/mol. The minimum Gasteiger partial charge on any atom is -0.336 e. The molecule has 210 valence electrons. The third kappa shape index (κ3) is 5.02. The minimum absolute atomic E-state index is 0.0335. The van der Waals surface area contributed by atoms with Gasteiger partial charge >= 0.3 is 0 Å². The fraction of sp³-hybridized carbons (Fsp3) is 0.344. The second kappa shape index (κ2) is 10.3. The van der Waals surface area contributed by atoms with Crippen LogP contribution in [0.25, 0.3) is 0 Å². The molecule has 2 aliphatic carbocycles. The van der Waals surface area contributed by atoms with E-state index < -0.39 is 43.2 Å². The third-order valence-corrected chi connectivity index (χ3v) is 11.4. The molecule has 1 N–H and O–H groups in total. The van der Waals surface area contributed by atoms with E-state index in [9.17, 15) is 23.3 Å². The molecule has 3 aliphatic rings. The van der Waals surface area contributed by atoms with Gasteiger partial charge in [-0.25, -0.2) is 8.42 Å². The summed E-state index contributed by atoms with van der Waals surface area (Å²) in [7, 11) is -3.93. The number of hydrogen-bond acceptors (Lipinski definition) is 5. The maximum absolute atomic E-state index is 14.5. The van der Waals surface area contributed by atoms with Crippen LogP contribution in [0.2, 0.25) is 5.02 Å². The molecule has 3 aromatic rings. The van der Waals surface area contributed by atoms with E-state index in [1.165, 1.54) is 4.90 Å². The summed E-state index contributed by atoms with van der Waals surface area (Å²) in [4.78, 5) is 29.3. The van der Waals surface area contributed by atoms with Crippen molar-refractivity contribution in [2.45, 2.75) is 59.6 Å². The zero-order valence-electron chi connectivity index (χ0n) is 22.4. The number of halogens is 1. The van der Waals surface area contributed by atoms with Gasteiger partial charge in [0.15, 0.2) is 9.84 Å². The number of carbonyl (C=O) groups excluding carboxylic acids is 2. The number of carbonyl (C=O) groups is 2. The van der Waals surface area contributed by atoms with E-state index in [2.05, 4.69) is 11.4 Å². The Kier molecular flexibility index (Phi) is 6.91. The molecule has 41 heavy (non-hydrogen) atoms. The van der Waals surface area contributed by atoms with Crippen LogP contribution < -0.4 is 5.32 Å². The van der Waals surface area contributed by atoms with Gasteiger partial charge in [-0.3, -0.25) is 9.59 Å². The molecule has 1 heterocycles. The van der Waals surface area contributed by atoms with E-state index in [4.69, 9.17) is 11.6 Å². The molecule has 9 heteroatoms. The van der Waals surface area contributed by atoms with Gasteiger partial charge in [0.2, 0.25) is 11.8 Å². The molecule has 2 amide bonds. The molecular weight excluding hydrogens is 558 g/mol. The Labute approximate surface area is 245 Å². The largest absolute Gasteiger partial charge is 0.336 e. The minimum atomic E-state index is -3.93. The molecular formula is C32H30ClN3O4S. The summed E-state index contributed by atoms with van der Waals surface area (Å²) in [6.07, 6.45) is 2.25. The van der Waals surface area contributed by atoms with Crippen LogP contribution >= 0.6 is 11.6 Å². The van der Waals surface area contributed by atoms with Gasteiger partial charge in [-0.2, -0.15) is 5.26 Å². The summed E-state index contributed by atoms with van der Waals surface area (Å²) in [5, 5.41) is 11.0. The van der Waals surface area contributed by atoms with E-state index in [0.29, 0.717) is 41.8 Å². The van der Waals surface area contributed by atoms with Crippen molar-refractivity contribution in [1.29, 1.82) is 5.26 Å². The fourth-order valence-corrected chi connectivity index (χ4v) is 8.43. The van der Waals surface area contributed by atoms with Crippen molar-refractivity contribution < 1.29 is 18.0 Å². The maximum atomic E-state index is 14.5. The number of nitrogens with one attached hydrogen (secondary N) is 1. The van der Waals surface area contributed by atoms with Crippen LogP contribution in [0.15, 0.2) is 84.9 Å². The lowest BCUT2D eigenvalue weighted by Gasteiger charge is -2.29. The van der Waals surface area contributed by atoms with Crippen LogP contribution in [-0.2, 0) is 24.8 Å². The van der Waals surface area contributed by atoms with E-state index in [-0.39, 0.29) is 18.9 Å². The number of rotatable bonds is 8. The summed E-state index contributed by atoms with van der Waals surface area (Å²) in [5.74, 6) is -0.728. The first-order valence-corrected chi connectivity index (χ1v) is 15.8. The third-order valence-electron chi connectivity index (χ3n) is 8.71. The highest BCUT2D eigenvalue weighted by atomic mass is 35.5. The van der Waals surface area contributed by atoms with Crippen molar-refractivity contribution in [3.63, 3.8) is 0 Å². The molecule has 0 unspecified atom stereocenters. The van der Waals surface area contributed by atoms with Crippen molar-refractivity contribution in [2.75, 3.05) is 6.54 Å². The zero-order valence-corrected chi connectivity index (χ0v) is 23.9. The van der Waals surface area contributed by atoms with Gasteiger partial charge in [0, 0.05) is 11.6 Å². The van der Waals surface area contributed by atoms with Gasteiger partial charge in [-0.05, 0) is 60.9 Å². The molecule has 1 saturated heterocycles. The van der Waals surface area contributed by atoms with Gasteiger partial charge in [0.05, 0.1) is 16.7 Å². The molecule has 6 rings (SSSR count). The average Bonchev–Trinajstić information content (AvgIpc) is 3.90. The Morgan fingerprint density at radius 1 is 0.902 bits per heavy atom. The lowest BCUT2D eigenvalue weighted by molar-refractivity contribution is -0.140. The first-order valence-electron chi connectivity index (χ1n) is 13.8. The molecule has 2 saturated carbocycles. The number of likely N-dealkylation sites (tertiary alicyclic amines) is 1. The van der Waals surface area contributed by atoms with E-state index >= 15 is 0 Å². The summed E-state index contributed by atoms with van der Waals surface area (Å²) in [6, 6.07) is 26.4. The van der Waals surface area contributed by atoms with Crippen LogP contribution in [0, 0.1) is 11.3 Å².